The molecule has 1 aromatic carbocycles. The van der Waals surface area contributed by atoms with Gasteiger partial charge in [0.1, 0.15) is 0 Å². The van der Waals surface area contributed by atoms with Crippen LogP contribution in [-0.2, 0) is 21.6 Å². The Hall–Kier alpha value is -1.84. The average Bonchev–Trinajstić information content (AvgIpc) is 2.50. The number of carbonyl (C=O) groups is 1. The molecule has 0 saturated carbocycles. The van der Waals surface area contributed by atoms with Crippen LogP contribution in [0.4, 0.5) is 0 Å². The molecule has 0 saturated heterocycles. The summed E-state index contributed by atoms with van der Waals surface area (Å²) >= 11 is 0. The van der Waals surface area contributed by atoms with Crippen LogP contribution >= 0.6 is 0 Å². The number of aryl methyl sites for hydroxylation is 1. The van der Waals surface area contributed by atoms with Gasteiger partial charge in [-0.1, -0.05) is 24.3 Å². The third kappa shape index (κ3) is 1.44. The van der Waals surface area contributed by atoms with Crippen LogP contribution in [0, 0.1) is 0 Å². The average molecular weight is 230 g/mol. The van der Waals surface area contributed by atoms with Gasteiger partial charge >= 0.3 is 0 Å². The standard InChI is InChI=1S/C13H14N2O2/c14-12-15-11(16)13(17-12)8-4-3-6-9-5-1-2-7-10(9)13/h1-2,5,7H,3-4,6,8H2,(H2,14,15,16). The molecular weight excluding hydrogens is 216 g/mol. The van der Waals surface area contributed by atoms with Gasteiger partial charge in [0, 0.05) is 12.0 Å². The normalized spacial score (nSPS) is 27.3. The third-order valence-corrected chi connectivity index (χ3v) is 3.51. The number of hydrogen-bond acceptors (Lipinski definition) is 3. The second-order valence-corrected chi connectivity index (χ2v) is 4.55. The molecule has 1 aromatic rings. The molecule has 1 unspecified atom stereocenters. The number of aliphatic imine (C=N–C) groups is 1. The number of amidine groups is 1. The van der Waals surface area contributed by atoms with E-state index in [1.807, 2.05) is 24.3 Å². The molecule has 1 aliphatic heterocycles. The first kappa shape index (κ1) is 10.3. The molecule has 1 amide bonds. The lowest BCUT2D eigenvalue weighted by Gasteiger charge is -2.26. The summed E-state index contributed by atoms with van der Waals surface area (Å²) in [6, 6.07) is 7.91. The second kappa shape index (κ2) is 3.58. The SMILES string of the molecule is NC1=NC(=O)C2(CCCCc3ccccc32)O1. The Morgan fingerprint density at radius 1 is 1.29 bits per heavy atom. The molecule has 3 rings (SSSR count). The van der Waals surface area contributed by atoms with Crippen molar-refractivity contribution in [2.75, 3.05) is 0 Å². The quantitative estimate of drug-likeness (QED) is 0.734. The van der Waals surface area contributed by atoms with Gasteiger partial charge in [-0.2, -0.15) is 4.99 Å². The lowest BCUT2D eigenvalue weighted by atomic mass is 9.87. The Kier molecular flexibility index (Phi) is 2.18. The van der Waals surface area contributed by atoms with E-state index < -0.39 is 5.60 Å². The highest BCUT2D eigenvalue weighted by Gasteiger charge is 2.49. The van der Waals surface area contributed by atoms with Crippen LogP contribution in [0.1, 0.15) is 30.4 Å². The lowest BCUT2D eigenvalue weighted by molar-refractivity contribution is -0.132. The second-order valence-electron chi connectivity index (χ2n) is 4.55. The number of fused-ring (bicyclic) bond motifs is 2. The van der Waals surface area contributed by atoms with Crippen molar-refractivity contribution in [3.63, 3.8) is 0 Å². The van der Waals surface area contributed by atoms with Gasteiger partial charge in [0.2, 0.25) is 5.60 Å². The summed E-state index contributed by atoms with van der Waals surface area (Å²) in [6.45, 7) is 0. The molecule has 4 heteroatoms. The first-order valence-corrected chi connectivity index (χ1v) is 5.88. The fraction of sp³-hybridized carbons (Fsp3) is 0.385. The maximum atomic E-state index is 12.1. The Bertz CT molecular complexity index is 510. The highest BCUT2D eigenvalue weighted by Crippen LogP contribution is 2.40. The number of nitrogens with two attached hydrogens (primary N) is 1. The highest BCUT2D eigenvalue weighted by molar-refractivity contribution is 6.01. The predicted octanol–water partition coefficient (Wildman–Crippen LogP) is 1.48. The molecule has 1 atom stereocenters. The van der Waals surface area contributed by atoms with E-state index in [-0.39, 0.29) is 11.9 Å². The summed E-state index contributed by atoms with van der Waals surface area (Å²) in [4.78, 5) is 15.8. The fourth-order valence-corrected chi connectivity index (χ4v) is 2.72. The van der Waals surface area contributed by atoms with Gasteiger partial charge in [-0.15, -0.1) is 0 Å². The van der Waals surface area contributed by atoms with Crippen LogP contribution in [0.2, 0.25) is 0 Å². The predicted molar refractivity (Wildman–Crippen MR) is 63.4 cm³/mol. The van der Waals surface area contributed by atoms with Gasteiger partial charge in [-0.05, 0) is 24.8 Å². The largest absolute Gasteiger partial charge is 0.443 e. The molecule has 4 nitrogen and oxygen atoms in total. The van der Waals surface area contributed by atoms with Crippen LogP contribution in [0.5, 0.6) is 0 Å². The topological polar surface area (TPSA) is 64.7 Å². The first-order chi connectivity index (χ1) is 8.22. The molecule has 2 aliphatic rings. The van der Waals surface area contributed by atoms with E-state index in [2.05, 4.69) is 4.99 Å². The summed E-state index contributed by atoms with van der Waals surface area (Å²) < 4.78 is 5.59. The lowest BCUT2D eigenvalue weighted by Crippen LogP contribution is -2.35. The summed E-state index contributed by atoms with van der Waals surface area (Å²) in [6.07, 6.45) is 3.65. The van der Waals surface area contributed by atoms with Crippen molar-refractivity contribution in [1.82, 2.24) is 0 Å². The molecule has 1 spiro atoms. The van der Waals surface area contributed by atoms with E-state index in [4.69, 9.17) is 10.5 Å². The summed E-state index contributed by atoms with van der Waals surface area (Å²) in [5.41, 5.74) is 6.70. The Labute approximate surface area is 99.5 Å². The van der Waals surface area contributed by atoms with Gasteiger partial charge in [0.15, 0.2) is 0 Å². The van der Waals surface area contributed by atoms with Crippen LogP contribution in [-0.4, -0.2) is 11.9 Å². The van der Waals surface area contributed by atoms with E-state index in [9.17, 15) is 4.79 Å². The van der Waals surface area contributed by atoms with Crippen molar-refractivity contribution in [2.24, 2.45) is 10.7 Å². The summed E-state index contributed by atoms with van der Waals surface area (Å²) in [7, 11) is 0. The smallest absolute Gasteiger partial charge is 0.299 e. The molecule has 1 aliphatic carbocycles. The van der Waals surface area contributed by atoms with Gasteiger partial charge in [0.25, 0.3) is 11.9 Å². The Morgan fingerprint density at radius 2 is 2.12 bits per heavy atom. The number of rotatable bonds is 0. The monoisotopic (exact) mass is 230 g/mol. The highest BCUT2D eigenvalue weighted by atomic mass is 16.5. The minimum absolute atomic E-state index is 0.00768. The van der Waals surface area contributed by atoms with Gasteiger partial charge in [0.05, 0.1) is 0 Å². The molecule has 0 aromatic heterocycles. The number of carbonyl (C=O) groups excluding carboxylic acids is 1. The molecule has 17 heavy (non-hydrogen) atoms. The minimum atomic E-state index is -0.947. The van der Waals surface area contributed by atoms with Crippen molar-refractivity contribution in [1.29, 1.82) is 0 Å². The molecular formula is C13H14N2O2. The van der Waals surface area contributed by atoms with Crippen LogP contribution in [0.15, 0.2) is 29.3 Å². The van der Waals surface area contributed by atoms with E-state index in [1.54, 1.807) is 0 Å². The zero-order valence-corrected chi connectivity index (χ0v) is 9.48. The maximum Gasteiger partial charge on any atom is 0.299 e. The van der Waals surface area contributed by atoms with Crippen molar-refractivity contribution in [3.8, 4) is 0 Å². The summed E-state index contributed by atoms with van der Waals surface area (Å²) in [5.74, 6) is -0.260. The van der Waals surface area contributed by atoms with Crippen molar-refractivity contribution >= 4 is 11.9 Å². The molecule has 0 fully saturated rings. The number of ether oxygens (including phenoxy) is 1. The molecule has 0 radical (unpaired) electrons. The van der Waals surface area contributed by atoms with Crippen molar-refractivity contribution < 1.29 is 9.53 Å². The Morgan fingerprint density at radius 3 is 2.88 bits per heavy atom. The molecule has 0 bridgehead atoms. The number of benzene rings is 1. The Balaban J connectivity index is 2.15. The van der Waals surface area contributed by atoms with Gasteiger partial charge in [-0.3, -0.25) is 4.79 Å². The van der Waals surface area contributed by atoms with E-state index in [1.165, 1.54) is 5.56 Å². The minimum Gasteiger partial charge on any atom is -0.443 e. The molecule has 2 N–H and O–H groups in total. The van der Waals surface area contributed by atoms with Crippen molar-refractivity contribution in [2.45, 2.75) is 31.3 Å². The van der Waals surface area contributed by atoms with E-state index in [0.717, 1.165) is 24.8 Å². The van der Waals surface area contributed by atoms with Gasteiger partial charge in [-0.25, -0.2) is 0 Å². The maximum absolute atomic E-state index is 12.1. The van der Waals surface area contributed by atoms with Crippen LogP contribution < -0.4 is 5.73 Å². The molecule has 1 heterocycles. The van der Waals surface area contributed by atoms with Gasteiger partial charge < -0.3 is 10.5 Å². The zero-order valence-electron chi connectivity index (χ0n) is 9.48. The molecule has 88 valence electrons. The first-order valence-electron chi connectivity index (χ1n) is 5.88. The van der Waals surface area contributed by atoms with Crippen LogP contribution in [0.3, 0.4) is 0 Å². The third-order valence-electron chi connectivity index (χ3n) is 3.51. The fourth-order valence-electron chi connectivity index (χ4n) is 2.72. The number of amides is 1. The van der Waals surface area contributed by atoms with E-state index >= 15 is 0 Å². The summed E-state index contributed by atoms with van der Waals surface area (Å²) in [5, 5.41) is 0. The zero-order chi connectivity index (χ0) is 11.9. The van der Waals surface area contributed by atoms with E-state index in [0.29, 0.717) is 6.42 Å². The van der Waals surface area contributed by atoms with Crippen LogP contribution in [0.25, 0.3) is 0 Å². The van der Waals surface area contributed by atoms with Crippen molar-refractivity contribution in [3.05, 3.63) is 35.4 Å². The number of hydrogen-bond donors (Lipinski definition) is 1. The number of nitrogens with zero attached hydrogens (tertiary/aromatic N) is 1.